The van der Waals surface area contributed by atoms with Crippen molar-refractivity contribution >= 4 is 18.0 Å². The summed E-state index contributed by atoms with van der Waals surface area (Å²) in [5.74, 6) is -0.272. The molecule has 2 rings (SSSR count). The molecule has 1 saturated carbocycles. The van der Waals surface area contributed by atoms with Crippen LogP contribution in [-0.2, 0) is 9.53 Å². The fourth-order valence-electron chi connectivity index (χ4n) is 4.00. The Morgan fingerprint density at radius 3 is 2.20 bits per heavy atom. The van der Waals surface area contributed by atoms with Gasteiger partial charge in [-0.05, 0) is 39.5 Å². The van der Waals surface area contributed by atoms with Gasteiger partial charge in [0, 0.05) is 32.7 Å². The molecule has 1 heterocycles. The molecule has 0 aromatic carbocycles. The minimum absolute atomic E-state index is 0.0252. The molecule has 9 nitrogen and oxygen atoms in total. The normalized spacial score (nSPS) is 18.9. The van der Waals surface area contributed by atoms with Crippen molar-refractivity contribution in [1.29, 1.82) is 5.26 Å². The molecular formula is C21H35N5O4. The molecule has 4 amide bonds. The molecule has 2 aliphatic rings. The number of urea groups is 1. The van der Waals surface area contributed by atoms with E-state index in [1.54, 1.807) is 9.80 Å². The van der Waals surface area contributed by atoms with E-state index in [9.17, 15) is 14.4 Å². The van der Waals surface area contributed by atoms with Crippen LogP contribution in [0.1, 0.15) is 52.9 Å². The monoisotopic (exact) mass is 421 g/mol. The molecule has 0 aromatic heterocycles. The molecule has 1 atom stereocenters. The summed E-state index contributed by atoms with van der Waals surface area (Å²) in [6, 6.07) is 1.70. The topological polar surface area (TPSA) is 115 Å². The van der Waals surface area contributed by atoms with Crippen molar-refractivity contribution in [3.8, 4) is 6.07 Å². The zero-order valence-electron chi connectivity index (χ0n) is 18.4. The van der Waals surface area contributed by atoms with Gasteiger partial charge in [-0.1, -0.05) is 19.3 Å². The van der Waals surface area contributed by atoms with Crippen LogP contribution in [0.2, 0.25) is 0 Å². The fraction of sp³-hybridized carbons (Fsp3) is 0.810. The number of amides is 4. The first-order valence-corrected chi connectivity index (χ1v) is 10.9. The maximum Gasteiger partial charge on any atom is 0.410 e. The predicted octanol–water partition coefficient (Wildman–Crippen LogP) is 2.08. The first-order valence-electron chi connectivity index (χ1n) is 10.9. The third kappa shape index (κ3) is 7.39. The summed E-state index contributed by atoms with van der Waals surface area (Å²) in [5, 5.41) is 14.3. The van der Waals surface area contributed by atoms with Crippen LogP contribution >= 0.6 is 0 Å². The van der Waals surface area contributed by atoms with Gasteiger partial charge in [0.05, 0.1) is 12.0 Å². The number of nitriles is 1. The van der Waals surface area contributed by atoms with Gasteiger partial charge in [-0.3, -0.25) is 4.79 Å². The van der Waals surface area contributed by atoms with Gasteiger partial charge in [0.25, 0.3) is 0 Å². The van der Waals surface area contributed by atoms with Crippen molar-refractivity contribution < 1.29 is 19.1 Å². The van der Waals surface area contributed by atoms with Crippen molar-refractivity contribution in [2.45, 2.75) is 58.5 Å². The third-order valence-electron chi connectivity index (χ3n) is 5.59. The SMILES string of the molecule is CC(C)(C)OC(=O)N1CCN(C(=O)NCC(C(=O)NCC#N)C2CCCCC2)CC1. The summed E-state index contributed by atoms with van der Waals surface area (Å²) in [5.41, 5.74) is -0.550. The molecule has 9 heteroatoms. The van der Waals surface area contributed by atoms with E-state index >= 15 is 0 Å². The van der Waals surface area contributed by atoms with Crippen LogP contribution in [0.5, 0.6) is 0 Å². The first-order chi connectivity index (χ1) is 14.2. The second kappa shape index (κ2) is 11.0. The molecule has 1 aliphatic heterocycles. The van der Waals surface area contributed by atoms with E-state index in [2.05, 4.69) is 10.6 Å². The number of nitrogens with one attached hydrogen (secondary N) is 2. The average Bonchev–Trinajstić information content (AvgIpc) is 2.72. The maximum absolute atomic E-state index is 12.6. The maximum atomic E-state index is 12.6. The lowest BCUT2D eigenvalue weighted by Crippen LogP contribution is -2.55. The van der Waals surface area contributed by atoms with Gasteiger partial charge in [-0.2, -0.15) is 5.26 Å². The van der Waals surface area contributed by atoms with E-state index in [0.29, 0.717) is 26.2 Å². The minimum Gasteiger partial charge on any atom is -0.444 e. The highest BCUT2D eigenvalue weighted by molar-refractivity contribution is 5.81. The molecule has 2 fully saturated rings. The van der Waals surface area contributed by atoms with Gasteiger partial charge in [-0.15, -0.1) is 0 Å². The molecule has 0 radical (unpaired) electrons. The molecule has 1 unspecified atom stereocenters. The van der Waals surface area contributed by atoms with Crippen LogP contribution in [0.4, 0.5) is 9.59 Å². The lowest BCUT2D eigenvalue weighted by molar-refractivity contribution is -0.126. The number of hydrogen-bond acceptors (Lipinski definition) is 5. The number of rotatable bonds is 5. The summed E-state index contributed by atoms with van der Waals surface area (Å²) in [6.07, 6.45) is 4.93. The van der Waals surface area contributed by atoms with Gasteiger partial charge in [0.2, 0.25) is 5.91 Å². The number of ether oxygens (including phenoxy) is 1. The Hall–Kier alpha value is -2.50. The van der Waals surface area contributed by atoms with Crippen molar-refractivity contribution in [3.05, 3.63) is 0 Å². The predicted molar refractivity (Wildman–Crippen MR) is 111 cm³/mol. The van der Waals surface area contributed by atoms with Gasteiger partial charge in [0.15, 0.2) is 0 Å². The molecule has 0 bridgehead atoms. The highest BCUT2D eigenvalue weighted by atomic mass is 16.6. The van der Waals surface area contributed by atoms with Crippen LogP contribution in [0.15, 0.2) is 0 Å². The number of carbonyl (C=O) groups excluding carboxylic acids is 3. The van der Waals surface area contributed by atoms with Crippen LogP contribution in [0.3, 0.4) is 0 Å². The number of nitrogens with zero attached hydrogens (tertiary/aromatic N) is 3. The Labute approximate surface area is 179 Å². The Balaban J connectivity index is 1.84. The van der Waals surface area contributed by atoms with E-state index in [1.807, 2.05) is 26.8 Å². The van der Waals surface area contributed by atoms with Crippen molar-refractivity contribution in [3.63, 3.8) is 0 Å². The minimum atomic E-state index is -0.550. The van der Waals surface area contributed by atoms with Crippen molar-refractivity contribution in [1.82, 2.24) is 20.4 Å². The second-order valence-corrected chi connectivity index (χ2v) is 9.02. The molecule has 0 spiro atoms. The Morgan fingerprint density at radius 1 is 1.03 bits per heavy atom. The molecular weight excluding hydrogens is 386 g/mol. The smallest absolute Gasteiger partial charge is 0.410 e. The van der Waals surface area contributed by atoms with Crippen molar-refractivity contribution in [2.24, 2.45) is 11.8 Å². The van der Waals surface area contributed by atoms with Gasteiger partial charge in [-0.25, -0.2) is 9.59 Å². The summed E-state index contributed by atoms with van der Waals surface area (Å²) < 4.78 is 5.38. The number of hydrogen-bond donors (Lipinski definition) is 2. The number of piperazine rings is 1. The quantitative estimate of drug-likeness (QED) is 0.660. The summed E-state index contributed by atoms with van der Waals surface area (Å²) in [4.78, 5) is 40.6. The van der Waals surface area contributed by atoms with E-state index in [4.69, 9.17) is 10.00 Å². The summed E-state index contributed by atoms with van der Waals surface area (Å²) >= 11 is 0. The van der Waals surface area contributed by atoms with E-state index < -0.39 is 5.60 Å². The second-order valence-electron chi connectivity index (χ2n) is 9.02. The molecule has 1 aliphatic carbocycles. The molecule has 0 aromatic rings. The lowest BCUT2D eigenvalue weighted by atomic mass is 9.79. The fourth-order valence-corrected chi connectivity index (χ4v) is 4.00. The zero-order chi connectivity index (χ0) is 22.1. The zero-order valence-corrected chi connectivity index (χ0v) is 18.4. The molecule has 1 saturated heterocycles. The van der Waals surface area contributed by atoms with Crippen molar-refractivity contribution in [2.75, 3.05) is 39.3 Å². The van der Waals surface area contributed by atoms with E-state index in [0.717, 1.165) is 25.7 Å². The largest absolute Gasteiger partial charge is 0.444 e. The third-order valence-corrected chi connectivity index (χ3v) is 5.59. The Bertz CT molecular complexity index is 641. The molecule has 2 N–H and O–H groups in total. The number of carbonyl (C=O) groups is 3. The highest BCUT2D eigenvalue weighted by Crippen LogP contribution is 2.30. The lowest BCUT2D eigenvalue weighted by Gasteiger charge is -2.36. The Morgan fingerprint density at radius 2 is 1.63 bits per heavy atom. The highest BCUT2D eigenvalue weighted by Gasteiger charge is 2.31. The summed E-state index contributed by atoms with van der Waals surface area (Å²) in [6.45, 7) is 7.36. The van der Waals surface area contributed by atoms with E-state index in [-0.39, 0.29) is 43.0 Å². The van der Waals surface area contributed by atoms with Crippen LogP contribution < -0.4 is 10.6 Å². The van der Waals surface area contributed by atoms with Crippen LogP contribution in [0, 0.1) is 23.2 Å². The summed E-state index contributed by atoms with van der Waals surface area (Å²) in [7, 11) is 0. The Kier molecular flexibility index (Phi) is 8.75. The molecule has 168 valence electrons. The standard InChI is InChI=1S/C21H35N5O4/c1-21(2,3)30-20(29)26-13-11-25(12-14-26)19(28)24-15-17(18(27)23-10-9-22)16-7-5-4-6-8-16/h16-17H,4-8,10-15H2,1-3H3,(H,23,27)(H,24,28). The van der Waals surface area contributed by atoms with Crippen LogP contribution in [0.25, 0.3) is 0 Å². The van der Waals surface area contributed by atoms with Crippen LogP contribution in [-0.4, -0.2) is 72.7 Å². The van der Waals surface area contributed by atoms with Gasteiger partial charge >= 0.3 is 12.1 Å². The average molecular weight is 422 g/mol. The first kappa shape index (κ1) is 23.8. The van der Waals surface area contributed by atoms with E-state index in [1.165, 1.54) is 6.42 Å². The molecule has 30 heavy (non-hydrogen) atoms. The van der Waals surface area contributed by atoms with Gasteiger partial charge < -0.3 is 25.2 Å². The van der Waals surface area contributed by atoms with Gasteiger partial charge in [0.1, 0.15) is 12.1 Å².